The van der Waals surface area contributed by atoms with Gasteiger partial charge >= 0.3 is 0 Å². The van der Waals surface area contributed by atoms with E-state index in [9.17, 15) is 4.79 Å². The van der Waals surface area contributed by atoms with Gasteiger partial charge in [0.2, 0.25) is 5.91 Å². The van der Waals surface area contributed by atoms with E-state index < -0.39 is 0 Å². The van der Waals surface area contributed by atoms with Crippen molar-refractivity contribution in [2.24, 2.45) is 0 Å². The maximum atomic E-state index is 12.6. The summed E-state index contributed by atoms with van der Waals surface area (Å²) >= 11 is 0. The number of halogens is 1. The van der Waals surface area contributed by atoms with Crippen LogP contribution in [0.4, 0.5) is 5.69 Å². The van der Waals surface area contributed by atoms with Gasteiger partial charge in [-0.05, 0) is 57.1 Å². The second-order valence-electron chi connectivity index (χ2n) is 5.76. The second-order valence-corrected chi connectivity index (χ2v) is 5.76. The number of carbonyl (C=O) groups is 1. The fraction of sp³-hybridized carbons (Fsp3) is 0.588. The summed E-state index contributed by atoms with van der Waals surface area (Å²) in [7, 11) is 3.63. The van der Waals surface area contributed by atoms with Gasteiger partial charge in [-0.1, -0.05) is 6.92 Å². The molecule has 0 bridgehead atoms. The number of amides is 1. The molecule has 0 spiro atoms. The molecule has 5 nitrogen and oxygen atoms in total. The number of hydrogen-bond donors (Lipinski definition) is 2. The normalized spacial score (nSPS) is 19.5. The SMILES string of the molecule is CCC(C(=O)Nc1ccc(OC)cc1)N1CCCC(NC)C1.Cl. The van der Waals surface area contributed by atoms with Crippen LogP contribution in [0.5, 0.6) is 5.75 Å². The average Bonchev–Trinajstić information content (AvgIpc) is 2.56. The van der Waals surface area contributed by atoms with E-state index >= 15 is 0 Å². The number of anilines is 1. The topological polar surface area (TPSA) is 53.6 Å². The van der Waals surface area contributed by atoms with E-state index in [1.54, 1.807) is 7.11 Å². The number of piperidine rings is 1. The third-order valence-corrected chi connectivity index (χ3v) is 4.35. The molecule has 1 aliphatic rings. The number of nitrogens with one attached hydrogen (secondary N) is 2. The summed E-state index contributed by atoms with van der Waals surface area (Å²) in [5, 5.41) is 6.34. The molecule has 0 aromatic heterocycles. The summed E-state index contributed by atoms with van der Waals surface area (Å²) in [4.78, 5) is 14.9. The Morgan fingerprint density at radius 3 is 2.65 bits per heavy atom. The standard InChI is InChI=1S/C17H27N3O2.ClH/c1-4-16(20-11-5-6-14(12-20)18-2)17(21)19-13-7-9-15(22-3)10-8-13;/h7-10,14,16,18H,4-6,11-12H2,1-3H3,(H,19,21);1H. The third-order valence-electron chi connectivity index (χ3n) is 4.35. The zero-order chi connectivity index (χ0) is 15.9. The van der Waals surface area contributed by atoms with E-state index in [1.165, 1.54) is 6.42 Å². The first-order chi connectivity index (χ1) is 10.7. The van der Waals surface area contributed by atoms with Crippen LogP contribution in [0, 0.1) is 0 Å². The summed E-state index contributed by atoms with van der Waals surface area (Å²) in [5.41, 5.74) is 0.812. The molecule has 2 N–H and O–H groups in total. The molecular formula is C17H28ClN3O2. The molecule has 1 fully saturated rings. The van der Waals surface area contributed by atoms with Crippen molar-refractivity contribution in [3.05, 3.63) is 24.3 Å². The van der Waals surface area contributed by atoms with Gasteiger partial charge in [0.15, 0.2) is 0 Å². The van der Waals surface area contributed by atoms with E-state index in [4.69, 9.17) is 4.74 Å². The molecule has 2 rings (SSSR count). The summed E-state index contributed by atoms with van der Waals surface area (Å²) in [5.74, 6) is 0.863. The lowest BCUT2D eigenvalue weighted by Crippen LogP contribution is -2.52. The van der Waals surface area contributed by atoms with Crippen LogP contribution in [0.1, 0.15) is 26.2 Å². The Morgan fingerprint density at radius 2 is 2.09 bits per heavy atom. The first-order valence-electron chi connectivity index (χ1n) is 8.04. The Balaban J connectivity index is 0.00000264. The van der Waals surface area contributed by atoms with Gasteiger partial charge < -0.3 is 15.4 Å². The Labute approximate surface area is 145 Å². The van der Waals surface area contributed by atoms with Crippen molar-refractivity contribution in [2.75, 3.05) is 32.6 Å². The largest absolute Gasteiger partial charge is 0.497 e. The molecule has 1 aliphatic heterocycles. The predicted octanol–water partition coefficient (Wildman–Crippen LogP) is 2.52. The average molecular weight is 342 g/mol. The highest BCUT2D eigenvalue weighted by Crippen LogP contribution is 2.18. The molecule has 0 aliphatic carbocycles. The van der Waals surface area contributed by atoms with Gasteiger partial charge in [0.1, 0.15) is 5.75 Å². The number of likely N-dealkylation sites (tertiary alicyclic amines) is 1. The lowest BCUT2D eigenvalue weighted by Gasteiger charge is -2.37. The monoisotopic (exact) mass is 341 g/mol. The van der Waals surface area contributed by atoms with E-state index in [0.717, 1.165) is 37.4 Å². The number of ether oxygens (including phenoxy) is 1. The van der Waals surface area contributed by atoms with Crippen molar-refractivity contribution in [2.45, 2.75) is 38.3 Å². The van der Waals surface area contributed by atoms with E-state index in [1.807, 2.05) is 31.3 Å². The minimum Gasteiger partial charge on any atom is -0.497 e. The Kier molecular flexibility index (Phi) is 8.37. The Bertz CT molecular complexity index is 481. The summed E-state index contributed by atoms with van der Waals surface area (Å²) in [6.07, 6.45) is 3.14. The van der Waals surface area contributed by atoms with Gasteiger partial charge in [-0.15, -0.1) is 12.4 Å². The van der Waals surface area contributed by atoms with Gasteiger partial charge in [0.25, 0.3) is 0 Å². The van der Waals surface area contributed by atoms with E-state index in [0.29, 0.717) is 6.04 Å². The molecule has 0 saturated carbocycles. The van der Waals surface area contributed by atoms with Crippen LogP contribution < -0.4 is 15.4 Å². The van der Waals surface area contributed by atoms with Crippen molar-refractivity contribution in [1.82, 2.24) is 10.2 Å². The van der Waals surface area contributed by atoms with Crippen LogP contribution in [-0.4, -0.2) is 50.1 Å². The van der Waals surface area contributed by atoms with Crippen molar-refractivity contribution in [1.29, 1.82) is 0 Å². The first-order valence-corrected chi connectivity index (χ1v) is 8.04. The highest BCUT2D eigenvalue weighted by Gasteiger charge is 2.28. The zero-order valence-electron chi connectivity index (χ0n) is 14.2. The molecule has 1 aromatic carbocycles. The van der Waals surface area contributed by atoms with Crippen LogP contribution in [0.15, 0.2) is 24.3 Å². The van der Waals surface area contributed by atoms with Gasteiger partial charge in [-0.2, -0.15) is 0 Å². The van der Waals surface area contributed by atoms with Gasteiger partial charge in [-0.3, -0.25) is 9.69 Å². The van der Waals surface area contributed by atoms with Crippen LogP contribution in [0.3, 0.4) is 0 Å². The third kappa shape index (κ3) is 5.37. The molecule has 0 radical (unpaired) electrons. The quantitative estimate of drug-likeness (QED) is 0.834. The first kappa shape index (κ1) is 19.7. The van der Waals surface area contributed by atoms with Crippen LogP contribution in [0.2, 0.25) is 0 Å². The number of benzene rings is 1. The summed E-state index contributed by atoms with van der Waals surface area (Å²) in [6.45, 7) is 4.00. The Morgan fingerprint density at radius 1 is 1.39 bits per heavy atom. The molecule has 1 saturated heterocycles. The molecule has 6 heteroatoms. The maximum Gasteiger partial charge on any atom is 0.241 e. The number of hydrogen-bond acceptors (Lipinski definition) is 4. The number of nitrogens with zero attached hydrogens (tertiary/aromatic N) is 1. The second kappa shape index (κ2) is 9.75. The van der Waals surface area contributed by atoms with E-state index in [2.05, 4.69) is 22.5 Å². The maximum absolute atomic E-state index is 12.6. The molecule has 2 unspecified atom stereocenters. The van der Waals surface area contributed by atoms with E-state index in [-0.39, 0.29) is 24.4 Å². The van der Waals surface area contributed by atoms with Crippen molar-refractivity contribution < 1.29 is 9.53 Å². The lowest BCUT2D eigenvalue weighted by atomic mass is 10.0. The van der Waals surface area contributed by atoms with Crippen LogP contribution in [0.25, 0.3) is 0 Å². The number of rotatable bonds is 6. The highest BCUT2D eigenvalue weighted by atomic mass is 35.5. The molecule has 2 atom stereocenters. The predicted molar refractivity (Wildman–Crippen MR) is 96.6 cm³/mol. The van der Waals surface area contributed by atoms with Crippen molar-refractivity contribution in [3.63, 3.8) is 0 Å². The number of likely N-dealkylation sites (N-methyl/N-ethyl adjacent to an activating group) is 1. The highest BCUT2D eigenvalue weighted by molar-refractivity contribution is 5.94. The van der Waals surface area contributed by atoms with Crippen molar-refractivity contribution >= 4 is 24.0 Å². The van der Waals surface area contributed by atoms with Gasteiger partial charge in [0.05, 0.1) is 13.2 Å². The lowest BCUT2D eigenvalue weighted by molar-refractivity contribution is -0.122. The molecule has 1 aromatic rings. The molecule has 1 heterocycles. The van der Waals surface area contributed by atoms with Crippen LogP contribution in [-0.2, 0) is 4.79 Å². The molecular weight excluding hydrogens is 314 g/mol. The molecule has 23 heavy (non-hydrogen) atoms. The Hall–Kier alpha value is -1.30. The molecule has 1 amide bonds. The fourth-order valence-corrected chi connectivity index (χ4v) is 3.03. The smallest absolute Gasteiger partial charge is 0.241 e. The van der Waals surface area contributed by atoms with Gasteiger partial charge in [-0.25, -0.2) is 0 Å². The van der Waals surface area contributed by atoms with Crippen molar-refractivity contribution in [3.8, 4) is 5.75 Å². The minimum atomic E-state index is -0.0711. The minimum absolute atomic E-state index is 0. The zero-order valence-corrected chi connectivity index (χ0v) is 15.0. The molecule has 130 valence electrons. The fourth-order valence-electron chi connectivity index (χ4n) is 3.03. The van der Waals surface area contributed by atoms with Gasteiger partial charge in [0, 0.05) is 18.3 Å². The summed E-state index contributed by atoms with van der Waals surface area (Å²) in [6, 6.07) is 7.87. The van der Waals surface area contributed by atoms with Crippen LogP contribution >= 0.6 is 12.4 Å². The number of carbonyl (C=O) groups excluding carboxylic acids is 1. The summed E-state index contributed by atoms with van der Waals surface area (Å²) < 4.78 is 5.13. The number of methoxy groups -OCH3 is 1.